The smallest absolute Gasteiger partial charge is 0.118 e. The molecule has 1 saturated carbocycles. The Bertz CT molecular complexity index is 184. The van der Waals surface area contributed by atoms with E-state index in [0.29, 0.717) is 10.7 Å². The Balaban J connectivity index is 2.23. The molecular weight excluding hydrogens is 166 g/mol. The molecule has 3 N–H and O–H groups in total. The predicted octanol–water partition coefficient (Wildman–Crippen LogP) is 0.256. The van der Waals surface area contributed by atoms with Crippen LogP contribution in [0.25, 0.3) is 0 Å². The molecule has 4 nitrogen and oxygen atoms in total. The van der Waals surface area contributed by atoms with Crippen LogP contribution in [0.1, 0.15) is 19.8 Å². The largest absolute Gasteiger partial charge is 0.325 e. The normalized spacial score (nSPS) is 33.5. The first-order chi connectivity index (χ1) is 5.93. The second-order valence-corrected chi connectivity index (χ2v) is 4.36. The zero-order valence-electron chi connectivity index (χ0n) is 9.13. The first-order valence-electron chi connectivity index (χ1n) is 4.90. The number of nitrogens with zero attached hydrogens (tertiary/aromatic N) is 1. The number of rotatable bonds is 5. The third kappa shape index (κ3) is 2.64. The minimum atomic E-state index is 0.0632. The van der Waals surface area contributed by atoms with E-state index in [1.54, 1.807) is 0 Å². The van der Waals surface area contributed by atoms with E-state index in [-0.39, 0.29) is 5.54 Å². The second kappa shape index (κ2) is 3.53. The van der Waals surface area contributed by atoms with Crippen LogP contribution in [0, 0.1) is 5.92 Å². The van der Waals surface area contributed by atoms with Crippen molar-refractivity contribution in [1.82, 2.24) is 5.43 Å². The minimum absolute atomic E-state index is 0.0632. The lowest BCUT2D eigenvalue weighted by molar-refractivity contribution is -1.11. The second-order valence-electron chi connectivity index (χ2n) is 4.36. The van der Waals surface area contributed by atoms with Gasteiger partial charge in [0.05, 0.1) is 0 Å². The van der Waals surface area contributed by atoms with E-state index < -0.39 is 0 Å². The summed E-state index contributed by atoms with van der Waals surface area (Å²) in [4.78, 5) is 5.65. The molecule has 0 aromatic heterocycles. The number of nitrogens with two attached hydrogens (primary N) is 1. The van der Waals surface area contributed by atoms with Gasteiger partial charge in [-0.1, -0.05) is 6.92 Å². The van der Waals surface area contributed by atoms with Crippen LogP contribution in [0.15, 0.2) is 0 Å². The fourth-order valence-corrected chi connectivity index (χ4v) is 1.40. The third-order valence-electron chi connectivity index (χ3n) is 3.07. The molecule has 1 aliphatic carbocycles. The van der Waals surface area contributed by atoms with Gasteiger partial charge < -0.3 is 5.73 Å². The molecule has 13 heavy (non-hydrogen) atoms. The molecule has 0 bridgehead atoms. The first-order valence-corrected chi connectivity index (χ1v) is 4.90. The SMILES string of the molecule is CCC1(N)CC1CO[N+](C)(C)NC. The molecule has 1 fully saturated rings. The molecular formula is C9H22N3O+. The van der Waals surface area contributed by atoms with Crippen LogP contribution in [0.4, 0.5) is 0 Å². The van der Waals surface area contributed by atoms with Gasteiger partial charge in [0, 0.05) is 18.5 Å². The maximum absolute atomic E-state index is 6.05. The zero-order valence-corrected chi connectivity index (χ0v) is 9.13. The van der Waals surface area contributed by atoms with Gasteiger partial charge in [-0.3, -0.25) is 0 Å². The molecule has 0 amide bonds. The molecule has 0 aliphatic heterocycles. The average molecular weight is 188 g/mol. The van der Waals surface area contributed by atoms with E-state index >= 15 is 0 Å². The predicted molar refractivity (Wildman–Crippen MR) is 52.4 cm³/mol. The maximum Gasteiger partial charge on any atom is 0.118 e. The van der Waals surface area contributed by atoms with E-state index in [2.05, 4.69) is 12.3 Å². The minimum Gasteiger partial charge on any atom is -0.325 e. The van der Waals surface area contributed by atoms with Crippen molar-refractivity contribution in [3.8, 4) is 0 Å². The Morgan fingerprint density at radius 2 is 2.23 bits per heavy atom. The van der Waals surface area contributed by atoms with Gasteiger partial charge in [0.15, 0.2) is 0 Å². The molecule has 0 saturated heterocycles. The number of nitrogens with one attached hydrogen (secondary N) is 1. The Labute approximate surface area is 80.6 Å². The van der Waals surface area contributed by atoms with Crippen molar-refractivity contribution in [2.45, 2.75) is 25.3 Å². The van der Waals surface area contributed by atoms with Crippen molar-refractivity contribution in [2.24, 2.45) is 11.7 Å². The van der Waals surface area contributed by atoms with Crippen molar-refractivity contribution >= 4 is 0 Å². The fraction of sp³-hybridized carbons (Fsp3) is 1.00. The quantitative estimate of drug-likeness (QED) is 0.480. The third-order valence-corrected chi connectivity index (χ3v) is 3.07. The molecule has 1 aliphatic rings. The Morgan fingerprint density at radius 3 is 2.62 bits per heavy atom. The van der Waals surface area contributed by atoms with Gasteiger partial charge >= 0.3 is 0 Å². The molecule has 2 atom stereocenters. The summed E-state index contributed by atoms with van der Waals surface area (Å²) >= 11 is 0. The van der Waals surface area contributed by atoms with Crippen molar-refractivity contribution in [2.75, 3.05) is 27.7 Å². The van der Waals surface area contributed by atoms with Gasteiger partial charge in [0.25, 0.3) is 0 Å². The lowest BCUT2D eigenvalue weighted by Crippen LogP contribution is -2.50. The van der Waals surface area contributed by atoms with E-state index in [1.807, 2.05) is 21.1 Å². The van der Waals surface area contributed by atoms with Crippen molar-refractivity contribution < 1.29 is 9.59 Å². The Morgan fingerprint density at radius 1 is 1.62 bits per heavy atom. The number of quaternary nitrogens is 1. The van der Waals surface area contributed by atoms with Gasteiger partial charge in [-0.2, -0.15) is 4.84 Å². The number of hydroxylamine groups is 2. The van der Waals surface area contributed by atoms with Crippen LogP contribution in [0.2, 0.25) is 0 Å². The highest BCUT2D eigenvalue weighted by Crippen LogP contribution is 2.43. The average Bonchev–Trinajstić information content (AvgIpc) is 2.75. The van der Waals surface area contributed by atoms with Crippen LogP contribution in [0.3, 0.4) is 0 Å². The highest BCUT2D eigenvalue weighted by molar-refractivity contribution is 5.06. The highest BCUT2D eigenvalue weighted by Gasteiger charge is 2.50. The highest BCUT2D eigenvalue weighted by atomic mass is 16.7. The van der Waals surface area contributed by atoms with Gasteiger partial charge in [0.1, 0.15) is 20.7 Å². The van der Waals surface area contributed by atoms with Crippen molar-refractivity contribution in [3.63, 3.8) is 0 Å². The first kappa shape index (κ1) is 10.9. The van der Waals surface area contributed by atoms with Gasteiger partial charge in [0.2, 0.25) is 0 Å². The molecule has 0 radical (unpaired) electrons. The molecule has 0 heterocycles. The van der Waals surface area contributed by atoms with Crippen LogP contribution in [0.5, 0.6) is 0 Å². The van der Waals surface area contributed by atoms with Crippen LogP contribution >= 0.6 is 0 Å². The topological polar surface area (TPSA) is 47.3 Å². The molecule has 2 unspecified atom stereocenters. The summed E-state index contributed by atoms with van der Waals surface area (Å²) in [5, 5.41) is 0. The standard InChI is InChI=1S/C9H22N3O/c1-5-9(10)6-8(9)7-13-12(3,4)11-2/h8,11H,5-7,10H2,1-4H3/q+1. The van der Waals surface area contributed by atoms with Gasteiger partial charge in [-0.05, 0) is 12.8 Å². The molecule has 0 aromatic rings. The summed E-state index contributed by atoms with van der Waals surface area (Å²) in [6, 6.07) is 0. The van der Waals surface area contributed by atoms with Crippen LogP contribution in [-0.4, -0.2) is 38.0 Å². The maximum atomic E-state index is 6.05. The molecule has 0 spiro atoms. The summed E-state index contributed by atoms with van der Waals surface area (Å²) in [5.41, 5.74) is 9.16. The van der Waals surface area contributed by atoms with Gasteiger partial charge in [-0.15, -0.1) is 10.2 Å². The summed E-state index contributed by atoms with van der Waals surface area (Å²) in [6.45, 7) is 2.89. The molecule has 78 valence electrons. The summed E-state index contributed by atoms with van der Waals surface area (Å²) < 4.78 is 0.385. The fourth-order valence-electron chi connectivity index (χ4n) is 1.40. The molecule has 0 aromatic carbocycles. The number of hydrogen-bond acceptors (Lipinski definition) is 3. The molecule has 4 heteroatoms. The lowest BCUT2D eigenvalue weighted by Gasteiger charge is -2.24. The molecule has 1 rings (SSSR count). The summed E-state index contributed by atoms with van der Waals surface area (Å²) in [7, 11) is 5.81. The zero-order chi connectivity index (χ0) is 10.1. The summed E-state index contributed by atoms with van der Waals surface area (Å²) in [5.74, 6) is 0.545. The van der Waals surface area contributed by atoms with E-state index in [1.165, 1.54) is 0 Å². The van der Waals surface area contributed by atoms with Gasteiger partial charge in [-0.25, -0.2) is 0 Å². The van der Waals surface area contributed by atoms with Crippen molar-refractivity contribution in [1.29, 1.82) is 0 Å². The lowest BCUT2D eigenvalue weighted by atomic mass is 10.2. The summed E-state index contributed by atoms with van der Waals surface area (Å²) in [6.07, 6.45) is 2.15. The van der Waals surface area contributed by atoms with Crippen LogP contribution < -0.4 is 11.2 Å². The van der Waals surface area contributed by atoms with E-state index in [9.17, 15) is 0 Å². The van der Waals surface area contributed by atoms with Crippen molar-refractivity contribution in [3.05, 3.63) is 0 Å². The Kier molecular flexibility index (Phi) is 2.97. The Hall–Kier alpha value is -0.160. The monoisotopic (exact) mass is 188 g/mol. The van der Waals surface area contributed by atoms with Crippen LogP contribution in [-0.2, 0) is 4.84 Å². The van der Waals surface area contributed by atoms with E-state index in [4.69, 9.17) is 10.6 Å². The number of hydrogen-bond donors (Lipinski definition) is 2. The van der Waals surface area contributed by atoms with E-state index in [0.717, 1.165) is 19.4 Å².